The fourth-order valence-electron chi connectivity index (χ4n) is 4.05. The van der Waals surface area contributed by atoms with E-state index in [0.717, 1.165) is 62.5 Å². The summed E-state index contributed by atoms with van der Waals surface area (Å²) in [6, 6.07) is 16.3. The highest BCUT2D eigenvalue weighted by Gasteiger charge is 2.17. The van der Waals surface area contributed by atoms with Gasteiger partial charge >= 0.3 is 0 Å². The van der Waals surface area contributed by atoms with Gasteiger partial charge in [-0.15, -0.1) is 0 Å². The van der Waals surface area contributed by atoms with Gasteiger partial charge in [0.05, 0.1) is 24.5 Å². The van der Waals surface area contributed by atoms with Crippen LogP contribution < -0.4 is 15.0 Å². The molecule has 7 heteroatoms. The number of carbonyl (C=O) groups excluding carboxylic acids is 1. The number of nitrogens with zero attached hydrogens (tertiary/aromatic N) is 4. The predicted molar refractivity (Wildman–Crippen MR) is 124 cm³/mol. The van der Waals surface area contributed by atoms with E-state index in [0.29, 0.717) is 13.0 Å². The average Bonchev–Trinajstić information content (AvgIpc) is 3.24. The second-order valence-electron chi connectivity index (χ2n) is 7.91. The highest BCUT2D eigenvalue weighted by molar-refractivity contribution is 5.77. The molecule has 7 nitrogen and oxygen atoms in total. The van der Waals surface area contributed by atoms with Crippen molar-refractivity contribution in [2.45, 2.75) is 19.4 Å². The minimum Gasteiger partial charge on any atom is -0.497 e. The minimum absolute atomic E-state index is 0.0992. The van der Waals surface area contributed by atoms with Gasteiger partial charge in [0.25, 0.3) is 0 Å². The van der Waals surface area contributed by atoms with E-state index in [4.69, 9.17) is 4.74 Å². The van der Waals surface area contributed by atoms with Crippen LogP contribution in [-0.4, -0.2) is 66.7 Å². The van der Waals surface area contributed by atoms with Crippen molar-refractivity contribution in [2.75, 3.05) is 51.3 Å². The highest BCUT2D eigenvalue weighted by atomic mass is 16.5. The molecule has 0 bridgehead atoms. The third-order valence-electron chi connectivity index (χ3n) is 5.89. The number of imidazole rings is 1. The molecule has 1 aliphatic heterocycles. The van der Waals surface area contributed by atoms with Crippen LogP contribution >= 0.6 is 0 Å². The summed E-state index contributed by atoms with van der Waals surface area (Å²) in [5.41, 5.74) is 3.29. The average molecular weight is 422 g/mol. The number of piperazine rings is 1. The van der Waals surface area contributed by atoms with Crippen LogP contribution in [0.25, 0.3) is 11.0 Å². The van der Waals surface area contributed by atoms with E-state index in [2.05, 4.69) is 32.2 Å². The molecule has 164 valence electrons. The molecule has 1 N–H and O–H groups in total. The smallest absolute Gasteiger partial charge is 0.221 e. The maximum absolute atomic E-state index is 12.2. The lowest BCUT2D eigenvalue weighted by Crippen LogP contribution is -2.47. The Kier molecular flexibility index (Phi) is 7.04. The van der Waals surface area contributed by atoms with Crippen molar-refractivity contribution in [1.82, 2.24) is 19.8 Å². The topological polar surface area (TPSA) is 62.6 Å². The third kappa shape index (κ3) is 5.55. The molecule has 1 amide bonds. The number of anilines is 1. The number of hydrogen-bond acceptors (Lipinski definition) is 5. The fraction of sp³-hybridized carbons (Fsp3) is 0.417. The molecule has 1 aromatic heterocycles. The zero-order valence-corrected chi connectivity index (χ0v) is 18.2. The van der Waals surface area contributed by atoms with Gasteiger partial charge in [0, 0.05) is 51.4 Å². The number of rotatable bonds is 9. The quantitative estimate of drug-likeness (QED) is 0.539. The molecule has 0 aliphatic carbocycles. The van der Waals surface area contributed by atoms with Crippen LogP contribution in [0.2, 0.25) is 0 Å². The first-order valence-corrected chi connectivity index (χ1v) is 11.0. The van der Waals surface area contributed by atoms with Crippen LogP contribution in [0.5, 0.6) is 5.75 Å². The van der Waals surface area contributed by atoms with Crippen molar-refractivity contribution >= 4 is 22.6 Å². The maximum Gasteiger partial charge on any atom is 0.221 e. The lowest BCUT2D eigenvalue weighted by atomic mass is 10.2. The van der Waals surface area contributed by atoms with Crippen LogP contribution in [0.3, 0.4) is 0 Å². The van der Waals surface area contributed by atoms with Gasteiger partial charge in [-0.3, -0.25) is 9.69 Å². The van der Waals surface area contributed by atoms with Crippen LogP contribution in [0.1, 0.15) is 12.8 Å². The van der Waals surface area contributed by atoms with Crippen LogP contribution in [0.4, 0.5) is 5.69 Å². The van der Waals surface area contributed by atoms with E-state index in [1.54, 1.807) is 7.11 Å². The molecule has 0 unspecified atom stereocenters. The maximum atomic E-state index is 12.2. The van der Waals surface area contributed by atoms with Crippen LogP contribution in [-0.2, 0) is 11.3 Å². The number of fused-ring (bicyclic) bond motifs is 1. The number of aryl methyl sites for hydroxylation is 1. The molecule has 1 saturated heterocycles. The summed E-state index contributed by atoms with van der Waals surface area (Å²) in [4.78, 5) is 21.5. The predicted octanol–water partition coefficient (Wildman–Crippen LogP) is 2.76. The number of para-hydroxylation sites is 2. The number of nitrogens with one attached hydrogen (secondary N) is 1. The van der Waals surface area contributed by atoms with Crippen LogP contribution in [0, 0.1) is 0 Å². The SMILES string of the molecule is COc1ccc(N2CCN(CCCNC(=O)CCn3cnc4ccccc43)CC2)cc1. The molecule has 2 heterocycles. The van der Waals surface area contributed by atoms with Gasteiger partial charge in [-0.1, -0.05) is 12.1 Å². The molecular formula is C24H31N5O2. The lowest BCUT2D eigenvalue weighted by Gasteiger charge is -2.36. The first-order chi connectivity index (χ1) is 15.2. The van der Waals surface area contributed by atoms with Crippen molar-refractivity contribution in [2.24, 2.45) is 0 Å². The van der Waals surface area contributed by atoms with E-state index in [-0.39, 0.29) is 5.91 Å². The first-order valence-electron chi connectivity index (χ1n) is 11.0. The fourth-order valence-corrected chi connectivity index (χ4v) is 4.05. The lowest BCUT2D eigenvalue weighted by molar-refractivity contribution is -0.121. The van der Waals surface area contributed by atoms with Crippen molar-refractivity contribution in [1.29, 1.82) is 0 Å². The Morgan fingerprint density at radius 3 is 2.58 bits per heavy atom. The summed E-state index contributed by atoms with van der Waals surface area (Å²) in [7, 11) is 1.69. The number of ether oxygens (including phenoxy) is 1. The van der Waals surface area contributed by atoms with E-state index in [1.165, 1.54) is 5.69 Å². The van der Waals surface area contributed by atoms with Gasteiger partial charge in [0.15, 0.2) is 0 Å². The number of amides is 1. The van der Waals surface area contributed by atoms with Gasteiger partial charge in [-0.25, -0.2) is 4.98 Å². The molecule has 3 aromatic rings. The van der Waals surface area contributed by atoms with E-state index < -0.39 is 0 Å². The van der Waals surface area contributed by atoms with Gasteiger partial charge in [0.1, 0.15) is 5.75 Å². The largest absolute Gasteiger partial charge is 0.497 e. The van der Waals surface area contributed by atoms with E-state index >= 15 is 0 Å². The van der Waals surface area contributed by atoms with Crippen LogP contribution in [0.15, 0.2) is 54.9 Å². The second-order valence-corrected chi connectivity index (χ2v) is 7.91. The van der Waals surface area contributed by atoms with Gasteiger partial charge in [0.2, 0.25) is 5.91 Å². The summed E-state index contributed by atoms with van der Waals surface area (Å²) in [5.74, 6) is 0.991. The molecule has 0 atom stereocenters. The Balaban J connectivity index is 1.11. The number of benzene rings is 2. The summed E-state index contributed by atoms with van der Waals surface area (Å²) in [6.07, 6.45) is 3.26. The van der Waals surface area contributed by atoms with Crippen molar-refractivity contribution in [3.05, 3.63) is 54.9 Å². The molecule has 31 heavy (non-hydrogen) atoms. The molecule has 0 saturated carbocycles. The molecule has 4 rings (SSSR count). The van der Waals surface area contributed by atoms with Crippen molar-refractivity contribution in [3.8, 4) is 5.75 Å². The summed E-state index contributed by atoms with van der Waals surface area (Å²) in [6.45, 7) is 6.54. The second kappa shape index (κ2) is 10.3. The molecular weight excluding hydrogens is 390 g/mol. The van der Waals surface area contributed by atoms with Gasteiger partial charge < -0.3 is 19.5 Å². The van der Waals surface area contributed by atoms with E-state index in [9.17, 15) is 4.79 Å². The zero-order chi connectivity index (χ0) is 21.5. The molecule has 2 aromatic carbocycles. The molecule has 1 aliphatic rings. The first kappa shape index (κ1) is 21.2. The van der Waals surface area contributed by atoms with Gasteiger partial charge in [-0.05, 0) is 49.4 Å². The molecule has 1 fully saturated rings. The Hall–Kier alpha value is -3.06. The number of hydrogen-bond donors (Lipinski definition) is 1. The van der Waals surface area contributed by atoms with Crippen molar-refractivity contribution < 1.29 is 9.53 Å². The number of aromatic nitrogens is 2. The Morgan fingerprint density at radius 2 is 1.81 bits per heavy atom. The van der Waals surface area contributed by atoms with E-state index in [1.807, 2.05) is 47.3 Å². The summed E-state index contributed by atoms with van der Waals surface area (Å²) < 4.78 is 7.27. The number of carbonyl (C=O) groups is 1. The molecule has 0 spiro atoms. The van der Waals surface area contributed by atoms with Crippen molar-refractivity contribution in [3.63, 3.8) is 0 Å². The zero-order valence-electron chi connectivity index (χ0n) is 18.2. The normalized spacial score (nSPS) is 14.7. The summed E-state index contributed by atoms with van der Waals surface area (Å²) in [5, 5.41) is 3.06. The Labute approximate surface area is 183 Å². The third-order valence-corrected chi connectivity index (χ3v) is 5.89. The molecule has 0 radical (unpaired) electrons. The highest BCUT2D eigenvalue weighted by Crippen LogP contribution is 2.20. The number of methoxy groups -OCH3 is 1. The van der Waals surface area contributed by atoms with Gasteiger partial charge in [-0.2, -0.15) is 0 Å². The standard InChI is InChI=1S/C24H31N5O2/c1-31-21-9-7-20(8-10-21)28-17-15-27(16-18-28)13-4-12-25-24(30)11-14-29-19-26-22-5-2-3-6-23(22)29/h2-3,5-10,19H,4,11-18H2,1H3,(H,25,30). The monoisotopic (exact) mass is 421 g/mol. The Bertz CT molecular complexity index is 977. The minimum atomic E-state index is 0.0992. The Morgan fingerprint density at radius 1 is 1.03 bits per heavy atom. The summed E-state index contributed by atoms with van der Waals surface area (Å²) >= 11 is 0.